The van der Waals surface area contributed by atoms with Crippen LogP contribution in [0, 0.1) is 11.2 Å². The fraction of sp³-hybridized carbons (Fsp3) is 0.542. The van der Waals surface area contributed by atoms with Crippen LogP contribution in [0.3, 0.4) is 0 Å². The number of cyclic esters (lactones) is 1. The Balaban J connectivity index is 1.60. The summed E-state index contributed by atoms with van der Waals surface area (Å²) in [4.78, 5) is 57.4. The second-order valence-corrected chi connectivity index (χ2v) is 10.3. The molecule has 1 spiro atoms. The number of aromatic nitrogens is 1. The smallest absolute Gasteiger partial charge is 0.416 e. The van der Waals surface area contributed by atoms with Gasteiger partial charge in [-0.1, -0.05) is 5.16 Å². The van der Waals surface area contributed by atoms with E-state index in [1.54, 1.807) is 24.8 Å². The van der Waals surface area contributed by atoms with E-state index in [0.29, 0.717) is 5.56 Å². The molecule has 0 saturated carbocycles. The van der Waals surface area contributed by atoms with Gasteiger partial charge in [-0.3, -0.25) is 24.3 Å². The molecular weight excluding hydrogens is 489 g/mol. The van der Waals surface area contributed by atoms with Crippen LogP contribution in [0.5, 0.6) is 0 Å². The third-order valence-corrected chi connectivity index (χ3v) is 7.94. The molecule has 4 aliphatic rings. The highest BCUT2D eigenvalue weighted by Gasteiger charge is 2.66. The number of anilines is 2. The van der Waals surface area contributed by atoms with Gasteiger partial charge in [0.05, 0.1) is 35.4 Å². The highest BCUT2D eigenvalue weighted by Crippen LogP contribution is 2.51. The lowest BCUT2D eigenvalue weighted by Crippen LogP contribution is -2.75. The number of hydrogen-bond donors (Lipinski definition) is 0. The Morgan fingerprint density at radius 1 is 1.08 bits per heavy atom. The number of barbiturate groups is 1. The maximum atomic E-state index is 16.2. The molecule has 196 valence electrons. The molecule has 4 atom stereocenters. The maximum absolute atomic E-state index is 16.2. The summed E-state index contributed by atoms with van der Waals surface area (Å²) < 4.78 is 32.8. The standard InChI is InChI=1S/C24H26FN5O7/c1-10-9-35-23(34)30(10)19-14-6-13-7-24(20(31)27(4)22(33)28(5)21(24)32)18-12(3)36-11(2)8-29(18)16(13)15(25)17(14)37-26-19/h6,10-12,18H,7-9H2,1-5H3/t10-,11+,12-,18+/m0/s1. The largest absolute Gasteiger partial charge is 0.447 e. The van der Waals surface area contributed by atoms with Gasteiger partial charge in [-0.15, -0.1) is 0 Å². The molecule has 5 heterocycles. The number of ether oxygens (including phenoxy) is 2. The van der Waals surface area contributed by atoms with Gasteiger partial charge in [-0.2, -0.15) is 0 Å². The Bertz CT molecular complexity index is 1370. The van der Waals surface area contributed by atoms with Crippen LogP contribution in [0.4, 0.5) is 25.5 Å². The first-order valence-corrected chi connectivity index (χ1v) is 12.1. The molecule has 13 heteroatoms. The molecule has 1 aromatic carbocycles. The van der Waals surface area contributed by atoms with Crippen molar-refractivity contribution in [3.05, 3.63) is 17.4 Å². The Hall–Kier alpha value is -3.74. The lowest BCUT2D eigenvalue weighted by molar-refractivity contribution is -0.166. The number of amides is 5. The summed E-state index contributed by atoms with van der Waals surface area (Å²) >= 11 is 0. The number of benzene rings is 1. The molecule has 5 amide bonds. The van der Waals surface area contributed by atoms with E-state index in [2.05, 4.69) is 5.16 Å². The van der Waals surface area contributed by atoms with Crippen molar-refractivity contribution in [2.45, 2.75) is 51.5 Å². The van der Waals surface area contributed by atoms with Crippen LogP contribution in [0.1, 0.15) is 26.3 Å². The maximum Gasteiger partial charge on any atom is 0.416 e. The van der Waals surface area contributed by atoms with Gasteiger partial charge in [0.2, 0.25) is 17.4 Å². The summed E-state index contributed by atoms with van der Waals surface area (Å²) in [5, 5.41) is 4.20. The van der Waals surface area contributed by atoms with Crippen molar-refractivity contribution >= 4 is 46.4 Å². The topological polar surface area (TPSA) is 126 Å². The molecule has 0 aliphatic carbocycles. The second kappa shape index (κ2) is 7.63. The number of urea groups is 1. The number of rotatable bonds is 1. The summed E-state index contributed by atoms with van der Waals surface area (Å²) in [7, 11) is 2.66. The van der Waals surface area contributed by atoms with Crippen molar-refractivity contribution in [3.63, 3.8) is 0 Å². The Morgan fingerprint density at radius 2 is 1.76 bits per heavy atom. The van der Waals surface area contributed by atoms with Crippen LogP contribution in [0.2, 0.25) is 0 Å². The minimum atomic E-state index is -1.73. The van der Waals surface area contributed by atoms with E-state index < -0.39 is 47.3 Å². The number of morpholine rings is 1. The van der Waals surface area contributed by atoms with Gasteiger partial charge in [0, 0.05) is 27.1 Å². The van der Waals surface area contributed by atoms with Crippen LogP contribution in [0.15, 0.2) is 10.6 Å². The van der Waals surface area contributed by atoms with Crippen LogP contribution in [-0.4, -0.2) is 90.4 Å². The number of carbonyl (C=O) groups excluding carboxylic acids is 4. The lowest BCUT2D eigenvalue weighted by atomic mass is 9.66. The third-order valence-electron chi connectivity index (χ3n) is 7.94. The number of imide groups is 2. The molecule has 3 fully saturated rings. The highest BCUT2D eigenvalue weighted by molar-refractivity contribution is 6.20. The van der Waals surface area contributed by atoms with E-state index >= 15 is 4.39 Å². The predicted octanol–water partition coefficient (Wildman–Crippen LogP) is 1.89. The fourth-order valence-corrected chi connectivity index (χ4v) is 6.42. The van der Waals surface area contributed by atoms with Crippen molar-refractivity contribution in [2.24, 2.45) is 5.41 Å². The van der Waals surface area contributed by atoms with Gasteiger partial charge in [-0.25, -0.2) is 14.0 Å². The van der Waals surface area contributed by atoms with Gasteiger partial charge in [-0.05, 0) is 32.4 Å². The molecule has 1 aromatic heterocycles. The summed E-state index contributed by atoms with van der Waals surface area (Å²) in [5.74, 6) is -1.96. The Morgan fingerprint density at radius 3 is 2.38 bits per heavy atom. The number of hydrogen-bond acceptors (Lipinski definition) is 9. The average molecular weight is 515 g/mol. The summed E-state index contributed by atoms with van der Waals surface area (Å²) in [6, 6.07) is -0.360. The quantitative estimate of drug-likeness (QED) is 0.524. The molecule has 2 aromatic rings. The first-order valence-electron chi connectivity index (χ1n) is 12.1. The van der Waals surface area contributed by atoms with Gasteiger partial charge in [0.25, 0.3) is 0 Å². The molecule has 37 heavy (non-hydrogen) atoms. The van der Waals surface area contributed by atoms with E-state index in [0.717, 1.165) is 9.80 Å². The molecule has 0 unspecified atom stereocenters. The zero-order valence-electron chi connectivity index (χ0n) is 21.0. The van der Waals surface area contributed by atoms with E-state index in [4.69, 9.17) is 14.0 Å². The van der Waals surface area contributed by atoms with E-state index in [1.165, 1.54) is 19.0 Å². The zero-order valence-corrected chi connectivity index (χ0v) is 21.0. The van der Waals surface area contributed by atoms with E-state index in [1.807, 2.05) is 6.92 Å². The minimum absolute atomic E-state index is 0.0947. The normalized spacial score (nSPS) is 29.4. The Labute approximate surface area is 210 Å². The molecule has 0 bridgehead atoms. The summed E-state index contributed by atoms with van der Waals surface area (Å²) in [5.41, 5.74) is -1.33. The zero-order chi connectivity index (χ0) is 26.5. The third kappa shape index (κ3) is 2.88. The molecule has 0 radical (unpaired) electrons. The molecular formula is C24H26FN5O7. The Kier molecular flexibility index (Phi) is 4.88. The minimum Gasteiger partial charge on any atom is -0.447 e. The van der Waals surface area contributed by atoms with E-state index in [-0.39, 0.29) is 54.2 Å². The second-order valence-electron chi connectivity index (χ2n) is 10.3. The predicted molar refractivity (Wildman–Crippen MR) is 125 cm³/mol. The fourth-order valence-electron chi connectivity index (χ4n) is 6.42. The first kappa shape index (κ1) is 23.6. The molecule has 0 N–H and O–H groups in total. The van der Waals surface area contributed by atoms with Crippen molar-refractivity contribution in [2.75, 3.05) is 37.0 Å². The first-order chi connectivity index (χ1) is 17.5. The number of carbonyl (C=O) groups is 4. The molecule has 12 nitrogen and oxygen atoms in total. The van der Waals surface area contributed by atoms with E-state index in [9.17, 15) is 19.2 Å². The SMILES string of the molecule is C[C@@H]1CN2c3c(cc4c(N5C(=O)OC[C@@H]5C)noc4c3F)CC3(C(=O)N(C)C(=O)N(C)C3=O)[C@H]2[C@H](C)O1. The molecule has 6 rings (SSSR count). The van der Waals surface area contributed by atoms with Crippen molar-refractivity contribution in [1.82, 2.24) is 15.0 Å². The highest BCUT2D eigenvalue weighted by atomic mass is 19.1. The average Bonchev–Trinajstić information content (AvgIpc) is 3.41. The lowest BCUT2D eigenvalue weighted by Gasteiger charge is -2.57. The summed E-state index contributed by atoms with van der Waals surface area (Å²) in [6.45, 7) is 5.66. The van der Waals surface area contributed by atoms with Crippen LogP contribution < -0.4 is 9.80 Å². The van der Waals surface area contributed by atoms with Crippen LogP contribution in [0.25, 0.3) is 11.0 Å². The van der Waals surface area contributed by atoms with Crippen molar-refractivity contribution in [1.29, 1.82) is 0 Å². The monoisotopic (exact) mass is 515 g/mol. The van der Waals surface area contributed by atoms with Gasteiger partial charge in [0.1, 0.15) is 6.61 Å². The van der Waals surface area contributed by atoms with Crippen LogP contribution >= 0.6 is 0 Å². The number of halogens is 1. The van der Waals surface area contributed by atoms with Gasteiger partial charge < -0.3 is 18.9 Å². The summed E-state index contributed by atoms with van der Waals surface area (Å²) in [6.07, 6.45) is -1.78. The number of nitrogens with zero attached hydrogens (tertiary/aromatic N) is 5. The number of fused-ring (bicyclic) bond motifs is 5. The molecule has 3 saturated heterocycles. The van der Waals surface area contributed by atoms with Crippen molar-refractivity contribution < 1.29 is 37.6 Å². The molecule has 4 aliphatic heterocycles. The van der Waals surface area contributed by atoms with Crippen molar-refractivity contribution in [3.8, 4) is 0 Å². The van der Waals surface area contributed by atoms with Gasteiger partial charge in [0.15, 0.2) is 17.1 Å². The van der Waals surface area contributed by atoms with Gasteiger partial charge >= 0.3 is 12.1 Å². The van der Waals surface area contributed by atoms with Crippen LogP contribution in [-0.2, 0) is 25.5 Å².